The molecule has 4 rings (SSSR count). The van der Waals surface area contributed by atoms with E-state index < -0.39 is 0 Å². The van der Waals surface area contributed by atoms with E-state index in [-0.39, 0.29) is 5.56 Å². The van der Waals surface area contributed by atoms with E-state index in [2.05, 4.69) is 15.0 Å². The maximum atomic E-state index is 12.6. The Kier molecular flexibility index (Phi) is 2.53. The van der Waals surface area contributed by atoms with Crippen molar-refractivity contribution in [3.05, 3.63) is 71.3 Å². The van der Waals surface area contributed by atoms with Crippen molar-refractivity contribution in [2.24, 2.45) is 0 Å². The van der Waals surface area contributed by atoms with Gasteiger partial charge in [-0.2, -0.15) is 0 Å². The summed E-state index contributed by atoms with van der Waals surface area (Å²) in [6.07, 6.45) is 8.36. The molecule has 0 radical (unpaired) electrons. The lowest BCUT2D eigenvalue weighted by molar-refractivity contribution is 0.778. The Morgan fingerprint density at radius 2 is 1.90 bits per heavy atom. The van der Waals surface area contributed by atoms with Gasteiger partial charge < -0.3 is 0 Å². The second-order valence-corrected chi connectivity index (χ2v) is 4.75. The second kappa shape index (κ2) is 4.52. The highest BCUT2D eigenvalue weighted by Gasteiger charge is 2.11. The van der Waals surface area contributed by atoms with Crippen molar-refractivity contribution >= 4 is 16.7 Å². The molecular weight excluding hydrogens is 266 g/mol. The van der Waals surface area contributed by atoms with Gasteiger partial charge in [0, 0.05) is 18.6 Å². The summed E-state index contributed by atoms with van der Waals surface area (Å²) in [6.45, 7) is 0.432. The predicted octanol–water partition coefficient (Wildman–Crippen LogP) is 1.49. The fourth-order valence-corrected chi connectivity index (χ4v) is 2.49. The Morgan fingerprint density at radius 1 is 1.00 bits per heavy atom. The lowest BCUT2D eigenvalue weighted by Crippen LogP contribution is -2.23. The van der Waals surface area contributed by atoms with Crippen LogP contribution in [0.3, 0.4) is 0 Å². The van der Waals surface area contributed by atoms with Crippen molar-refractivity contribution in [3.8, 4) is 0 Å². The van der Waals surface area contributed by atoms with Gasteiger partial charge >= 0.3 is 0 Å². The summed E-state index contributed by atoms with van der Waals surface area (Å²) in [7, 11) is 0. The fraction of sp³-hybridized carbons (Fsp3) is 0.0667. The molecule has 4 heterocycles. The zero-order chi connectivity index (χ0) is 14.2. The largest absolute Gasteiger partial charge is 0.291 e. The molecule has 0 bridgehead atoms. The molecule has 0 saturated heterocycles. The minimum atomic E-state index is -0.109. The highest BCUT2D eigenvalue weighted by molar-refractivity contribution is 5.74. The maximum absolute atomic E-state index is 12.6. The monoisotopic (exact) mass is 277 g/mol. The second-order valence-electron chi connectivity index (χ2n) is 4.75. The Hall–Kier alpha value is -3.02. The van der Waals surface area contributed by atoms with Gasteiger partial charge in [-0.15, -0.1) is 0 Å². The smallest absolute Gasteiger partial charge is 0.278 e. The summed E-state index contributed by atoms with van der Waals surface area (Å²) >= 11 is 0. The lowest BCUT2D eigenvalue weighted by Gasteiger charge is -2.10. The van der Waals surface area contributed by atoms with Crippen LogP contribution in [0.2, 0.25) is 0 Å². The van der Waals surface area contributed by atoms with Gasteiger partial charge in [-0.25, -0.2) is 9.97 Å². The van der Waals surface area contributed by atoms with Crippen molar-refractivity contribution in [3.63, 3.8) is 0 Å². The normalized spacial score (nSPS) is 11.2. The predicted molar refractivity (Wildman–Crippen MR) is 78.1 cm³/mol. The van der Waals surface area contributed by atoms with Crippen LogP contribution in [-0.4, -0.2) is 23.9 Å². The van der Waals surface area contributed by atoms with Crippen molar-refractivity contribution in [1.82, 2.24) is 23.9 Å². The average molecular weight is 277 g/mol. The van der Waals surface area contributed by atoms with Crippen molar-refractivity contribution in [2.45, 2.75) is 6.54 Å². The number of pyridine rings is 2. The van der Waals surface area contributed by atoms with Crippen molar-refractivity contribution in [1.29, 1.82) is 0 Å². The number of hydrogen-bond acceptors (Lipinski definition) is 4. The summed E-state index contributed by atoms with van der Waals surface area (Å²) in [5.74, 6) is 0. The molecule has 0 N–H and O–H groups in total. The van der Waals surface area contributed by atoms with E-state index in [0.29, 0.717) is 17.7 Å². The summed E-state index contributed by atoms with van der Waals surface area (Å²) in [5.41, 5.74) is 2.88. The number of fused-ring (bicyclic) bond motifs is 3. The molecule has 21 heavy (non-hydrogen) atoms. The van der Waals surface area contributed by atoms with Crippen LogP contribution in [0.1, 0.15) is 5.56 Å². The van der Waals surface area contributed by atoms with Crippen LogP contribution in [0.25, 0.3) is 16.7 Å². The Balaban J connectivity index is 2.06. The Morgan fingerprint density at radius 3 is 2.76 bits per heavy atom. The maximum Gasteiger partial charge on any atom is 0.278 e. The van der Waals surface area contributed by atoms with Crippen LogP contribution in [0, 0.1) is 0 Å². The number of nitrogens with zero attached hydrogens (tertiary/aromatic N) is 5. The minimum Gasteiger partial charge on any atom is -0.291 e. The van der Waals surface area contributed by atoms with E-state index in [1.54, 1.807) is 40.1 Å². The number of aromatic nitrogens is 5. The third kappa shape index (κ3) is 1.80. The van der Waals surface area contributed by atoms with Gasteiger partial charge in [0.2, 0.25) is 0 Å². The molecule has 0 aliphatic heterocycles. The van der Waals surface area contributed by atoms with Gasteiger partial charge in [-0.1, -0.05) is 6.07 Å². The van der Waals surface area contributed by atoms with Gasteiger partial charge in [0.15, 0.2) is 5.65 Å². The molecule has 6 nitrogen and oxygen atoms in total. The zero-order valence-electron chi connectivity index (χ0n) is 11.0. The van der Waals surface area contributed by atoms with Gasteiger partial charge in [0.05, 0.1) is 24.6 Å². The van der Waals surface area contributed by atoms with Gasteiger partial charge in [0.25, 0.3) is 5.56 Å². The highest BCUT2D eigenvalue weighted by atomic mass is 16.1. The van der Waals surface area contributed by atoms with Crippen LogP contribution in [0.5, 0.6) is 0 Å². The van der Waals surface area contributed by atoms with Crippen LogP contribution >= 0.6 is 0 Å². The molecule has 4 aromatic heterocycles. The summed E-state index contributed by atoms with van der Waals surface area (Å²) < 4.78 is 3.42. The third-order valence-electron chi connectivity index (χ3n) is 3.45. The van der Waals surface area contributed by atoms with E-state index in [9.17, 15) is 4.79 Å². The molecule has 0 spiro atoms. The third-order valence-corrected chi connectivity index (χ3v) is 3.45. The summed E-state index contributed by atoms with van der Waals surface area (Å²) in [5, 5.41) is 0. The molecule has 0 amide bonds. The molecule has 0 fully saturated rings. The quantitative estimate of drug-likeness (QED) is 0.557. The zero-order valence-corrected chi connectivity index (χ0v) is 11.0. The van der Waals surface area contributed by atoms with Gasteiger partial charge in [-0.05, 0) is 23.8 Å². The molecule has 4 aromatic rings. The average Bonchev–Trinajstić information content (AvgIpc) is 3.02. The molecule has 102 valence electrons. The fourth-order valence-electron chi connectivity index (χ4n) is 2.49. The first-order valence-electron chi connectivity index (χ1n) is 6.53. The first-order chi connectivity index (χ1) is 10.3. The molecule has 6 heteroatoms. The molecule has 0 aliphatic carbocycles. The molecule has 0 aliphatic rings. The van der Waals surface area contributed by atoms with E-state index in [1.807, 2.05) is 24.3 Å². The lowest BCUT2D eigenvalue weighted by atomic mass is 10.2. The SMILES string of the molecule is O=c1c2cncn2c2cccnc2n1Cc1cccnc1. The van der Waals surface area contributed by atoms with E-state index in [1.165, 1.54) is 0 Å². The number of hydrogen-bond donors (Lipinski definition) is 0. The molecule has 0 saturated carbocycles. The first kappa shape index (κ1) is 11.8. The standard InChI is InChI=1S/C15H11N5O/c21-15-13-8-17-10-20(13)12-4-2-6-18-14(12)19(15)9-11-3-1-5-16-7-11/h1-8,10H,9H2. The van der Waals surface area contributed by atoms with Gasteiger partial charge in [0.1, 0.15) is 5.52 Å². The van der Waals surface area contributed by atoms with E-state index >= 15 is 0 Å². The summed E-state index contributed by atoms with van der Waals surface area (Å²) in [6, 6.07) is 7.57. The van der Waals surface area contributed by atoms with Crippen LogP contribution in [-0.2, 0) is 6.54 Å². The first-order valence-corrected chi connectivity index (χ1v) is 6.53. The van der Waals surface area contributed by atoms with Crippen LogP contribution in [0.15, 0.2) is 60.2 Å². The molecule has 0 aromatic carbocycles. The van der Waals surface area contributed by atoms with Crippen LogP contribution < -0.4 is 5.56 Å². The van der Waals surface area contributed by atoms with E-state index in [0.717, 1.165) is 11.1 Å². The van der Waals surface area contributed by atoms with Crippen LogP contribution in [0.4, 0.5) is 0 Å². The minimum absolute atomic E-state index is 0.109. The molecule has 0 unspecified atom stereocenters. The number of imidazole rings is 1. The summed E-state index contributed by atoms with van der Waals surface area (Å²) in [4.78, 5) is 25.2. The van der Waals surface area contributed by atoms with E-state index in [4.69, 9.17) is 0 Å². The highest BCUT2D eigenvalue weighted by Crippen LogP contribution is 2.13. The van der Waals surface area contributed by atoms with Crippen molar-refractivity contribution in [2.75, 3.05) is 0 Å². The van der Waals surface area contributed by atoms with Gasteiger partial charge in [-0.3, -0.25) is 18.7 Å². The Bertz CT molecular complexity index is 987. The molecule has 0 atom stereocenters. The molecular formula is C15H11N5O. The topological polar surface area (TPSA) is 65.1 Å². The Labute approximate surface area is 119 Å². The number of rotatable bonds is 2. The van der Waals surface area contributed by atoms with Crippen molar-refractivity contribution < 1.29 is 0 Å².